The summed E-state index contributed by atoms with van der Waals surface area (Å²) in [4.78, 5) is 22.5. The standard InChI is InChI=1S/C16H30N2O3/c1-2-3-9-17-16(21)11-15(20)14(18-12-19)10-13-7-5-4-6-8-13/h12-15,20H,2-11H2,1H3,(H,17,21)(H,18,19). The fourth-order valence-corrected chi connectivity index (χ4v) is 3.01. The summed E-state index contributed by atoms with van der Waals surface area (Å²) in [5.74, 6) is 0.409. The maximum atomic E-state index is 11.7. The first-order valence-corrected chi connectivity index (χ1v) is 8.31. The second kappa shape index (κ2) is 10.6. The van der Waals surface area contributed by atoms with E-state index in [1.807, 2.05) is 0 Å². The molecule has 0 aliphatic heterocycles. The third-order valence-corrected chi connectivity index (χ3v) is 4.31. The van der Waals surface area contributed by atoms with Gasteiger partial charge < -0.3 is 15.7 Å². The summed E-state index contributed by atoms with van der Waals surface area (Å²) in [7, 11) is 0. The Bertz CT molecular complexity index is 304. The minimum atomic E-state index is -0.807. The molecule has 1 fully saturated rings. The summed E-state index contributed by atoms with van der Waals surface area (Å²) in [6.07, 6.45) is 8.68. The van der Waals surface area contributed by atoms with E-state index in [-0.39, 0.29) is 18.4 Å². The zero-order valence-corrected chi connectivity index (χ0v) is 13.1. The fourth-order valence-electron chi connectivity index (χ4n) is 3.01. The topological polar surface area (TPSA) is 78.4 Å². The second-order valence-electron chi connectivity index (χ2n) is 6.11. The lowest BCUT2D eigenvalue weighted by atomic mass is 9.83. The number of nitrogens with one attached hydrogen (secondary N) is 2. The predicted octanol–water partition coefficient (Wildman–Crippen LogP) is 1.74. The summed E-state index contributed by atoms with van der Waals surface area (Å²) in [5, 5.41) is 15.7. The van der Waals surface area contributed by atoms with E-state index < -0.39 is 6.10 Å². The summed E-state index contributed by atoms with van der Waals surface area (Å²) < 4.78 is 0. The third kappa shape index (κ3) is 7.46. The van der Waals surface area contributed by atoms with Crippen LogP contribution in [0.25, 0.3) is 0 Å². The number of hydrogen-bond donors (Lipinski definition) is 3. The number of aliphatic hydroxyl groups is 1. The summed E-state index contributed by atoms with van der Waals surface area (Å²) in [6, 6.07) is -0.317. The minimum absolute atomic E-state index is 0.0575. The van der Waals surface area contributed by atoms with Gasteiger partial charge in [0.05, 0.1) is 18.6 Å². The first kappa shape index (κ1) is 18.0. The van der Waals surface area contributed by atoms with Crippen LogP contribution < -0.4 is 10.6 Å². The van der Waals surface area contributed by atoms with Crippen molar-refractivity contribution >= 4 is 12.3 Å². The van der Waals surface area contributed by atoms with Crippen molar-refractivity contribution in [1.29, 1.82) is 0 Å². The molecule has 1 aliphatic carbocycles. The molecule has 1 rings (SSSR count). The lowest BCUT2D eigenvalue weighted by Crippen LogP contribution is -2.43. The average molecular weight is 298 g/mol. The highest BCUT2D eigenvalue weighted by molar-refractivity contribution is 5.76. The molecule has 0 spiro atoms. The average Bonchev–Trinajstić information content (AvgIpc) is 2.48. The molecule has 2 amide bonds. The van der Waals surface area contributed by atoms with Gasteiger partial charge in [-0.05, 0) is 18.8 Å². The molecule has 5 nitrogen and oxygen atoms in total. The molecule has 2 atom stereocenters. The van der Waals surface area contributed by atoms with Gasteiger partial charge in [-0.15, -0.1) is 0 Å². The van der Waals surface area contributed by atoms with Gasteiger partial charge >= 0.3 is 0 Å². The van der Waals surface area contributed by atoms with Gasteiger partial charge in [-0.1, -0.05) is 45.4 Å². The molecule has 5 heteroatoms. The summed E-state index contributed by atoms with van der Waals surface area (Å²) in [5.41, 5.74) is 0. The van der Waals surface area contributed by atoms with Crippen LogP contribution >= 0.6 is 0 Å². The Labute approximate surface area is 127 Å². The molecule has 0 aromatic rings. The Morgan fingerprint density at radius 1 is 1.33 bits per heavy atom. The van der Waals surface area contributed by atoms with Crippen LogP contribution in [-0.2, 0) is 9.59 Å². The quantitative estimate of drug-likeness (QED) is 0.424. The third-order valence-electron chi connectivity index (χ3n) is 4.31. The Morgan fingerprint density at radius 3 is 2.67 bits per heavy atom. The van der Waals surface area contributed by atoms with Gasteiger partial charge in [0.25, 0.3) is 0 Å². The molecule has 2 unspecified atom stereocenters. The number of unbranched alkanes of at least 4 members (excludes halogenated alkanes) is 1. The number of amides is 2. The smallest absolute Gasteiger partial charge is 0.222 e. The molecule has 21 heavy (non-hydrogen) atoms. The Kier molecular flexibility index (Phi) is 9.06. The lowest BCUT2D eigenvalue weighted by Gasteiger charge is -2.29. The van der Waals surface area contributed by atoms with E-state index in [1.54, 1.807) is 0 Å². The fraction of sp³-hybridized carbons (Fsp3) is 0.875. The Morgan fingerprint density at radius 2 is 2.05 bits per heavy atom. The van der Waals surface area contributed by atoms with Gasteiger partial charge in [0, 0.05) is 6.54 Å². The second-order valence-corrected chi connectivity index (χ2v) is 6.11. The first-order chi connectivity index (χ1) is 10.2. The van der Waals surface area contributed by atoms with Gasteiger partial charge in [-0.25, -0.2) is 0 Å². The largest absolute Gasteiger partial charge is 0.390 e. The number of carbonyl (C=O) groups is 2. The Hall–Kier alpha value is -1.10. The molecule has 0 heterocycles. The van der Waals surface area contributed by atoms with Crippen LogP contribution in [-0.4, -0.2) is 36.1 Å². The zero-order valence-electron chi connectivity index (χ0n) is 13.1. The van der Waals surface area contributed by atoms with Crippen LogP contribution in [0.2, 0.25) is 0 Å². The molecule has 122 valence electrons. The van der Waals surface area contributed by atoms with Crippen LogP contribution in [0.5, 0.6) is 0 Å². The monoisotopic (exact) mass is 298 g/mol. The molecular weight excluding hydrogens is 268 g/mol. The van der Waals surface area contributed by atoms with Gasteiger partial charge in [0.15, 0.2) is 0 Å². The molecule has 1 aliphatic rings. The van der Waals surface area contributed by atoms with Crippen molar-refractivity contribution in [3.63, 3.8) is 0 Å². The van der Waals surface area contributed by atoms with E-state index in [4.69, 9.17) is 0 Å². The van der Waals surface area contributed by atoms with Gasteiger partial charge in [-0.2, -0.15) is 0 Å². The highest BCUT2D eigenvalue weighted by Gasteiger charge is 2.25. The van der Waals surface area contributed by atoms with Gasteiger partial charge in [0.2, 0.25) is 12.3 Å². The van der Waals surface area contributed by atoms with Crippen molar-refractivity contribution < 1.29 is 14.7 Å². The molecule has 3 N–H and O–H groups in total. The molecule has 0 aromatic carbocycles. The molecule has 0 saturated heterocycles. The predicted molar refractivity (Wildman–Crippen MR) is 82.7 cm³/mol. The van der Waals surface area contributed by atoms with E-state index in [2.05, 4.69) is 17.6 Å². The van der Waals surface area contributed by atoms with Crippen molar-refractivity contribution in [1.82, 2.24) is 10.6 Å². The Balaban J connectivity index is 2.38. The van der Waals surface area contributed by atoms with Crippen LogP contribution in [0, 0.1) is 5.92 Å². The van der Waals surface area contributed by atoms with E-state index in [0.29, 0.717) is 18.9 Å². The number of aliphatic hydroxyl groups excluding tert-OH is 1. The van der Waals surface area contributed by atoms with E-state index in [9.17, 15) is 14.7 Å². The van der Waals surface area contributed by atoms with Crippen LogP contribution in [0.3, 0.4) is 0 Å². The normalized spacial score (nSPS) is 18.8. The van der Waals surface area contributed by atoms with Crippen molar-refractivity contribution in [2.45, 2.75) is 76.9 Å². The number of carbonyl (C=O) groups excluding carboxylic acids is 2. The first-order valence-electron chi connectivity index (χ1n) is 8.31. The molecule has 0 radical (unpaired) electrons. The number of rotatable bonds is 10. The maximum absolute atomic E-state index is 11.7. The zero-order chi connectivity index (χ0) is 15.5. The molecular formula is C16H30N2O3. The van der Waals surface area contributed by atoms with Crippen LogP contribution in [0.15, 0.2) is 0 Å². The SMILES string of the molecule is CCCCNC(=O)CC(O)C(CC1CCCCC1)NC=O. The molecule has 0 bridgehead atoms. The van der Waals surface area contributed by atoms with E-state index in [0.717, 1.165) is 32.1 Å². The molecule has 1 saturated carbocycles. The lowest BCUT2D eigenvalue weighted by molar-refractivity contribution is -0.124. The van der Waals surface area contributed by atoms with E-state index >= 15 is 0 Å². The summed E-state index contributed by atoms with van der Waals surface area (Å²) in [6.45, 7) is 2.71. The highest BCUT2D eigenvalue weighted by atomic mass is 16.3. The van der Waals surface area contributed by atoms with Crippen molar-refractivity contribution in [2.24, 2.45) is 5.92 Å². The van der Waals surface area contributed by atoms with Crippen molar-refractivity contribution in [3.05, 3.63) is 0 Å². The maximum Gasteiger partial charge on any atom is 0.222 e. The minimum Gasteiger partial charge on any atom is -0.390 e. The van der Waals surface area contributed by atoms with Crippen LogP contribution in [0.4, 0.5) is 0 Å². The van der Waals surface area contributed by atoms with Crippen LogP contribution in [0.1, 0.15) is 64.7 Å². The van der Waals surface area contributed by atoms with Crippen molar-refractivity contribution in [3.8, 4) is 0 Å². The molecule has 0 aromatic heterocycles. The summed E-state index contributed by atoms with van der Waals surface area (Å²) >= 11 is 0. The van der Waals surface area contributed by atoms with Gasteiger partial charge in [0.1, 0.15) is 0 Å². The van der Waals surface area contributed by atoms with Crippen molar-refractivity contribution in [2.75, 3.05) is 6.54 Å². The van der Waals surface area contributed by atoms with E-state index in [1.165, 1.54) is 19.3 Å². The highest BCUT2D eigenvalue weighted by Crippen LogP contribution is 2.28. The van der Waals surface area contributed by atoms with Gasteiger partial charge in [-0.3, -0.25) is 9.59 Å². The number of hydrogen-bond acceptors (Lipinski definition) is 3.